The van der Waals surface area contributed by atoms with Crippen LogP contribution in [0.25, 0.3) is 5.70 Å². The van der Waals surface area contributed by atoms with E-state index in [4.69, 9.17) is 0 Å². The van der Waals surface area contributed by atoms with Gasteiger partial charge in [0.15, 0.2) is 5.13 Å². The molecule has 220 valence electrons. The van der Waals surface area contributed by atoms with Crippen LogP contribution in [0.4, 0.5) is 35.4 Å². The lowest BCUT2D eigenvalue weighted by molar-refractivity contribution is -0.137. The first-order valence-corrected chi connectivity index (χ1v) is 14.0. The summed E-state index contributed by atoms with van der Waals surface area (Å²) in [6.07, 6.45) is 1.39. The van der Waals surface area contributed by atoms with Crippen LogP contribution >= 0.6 is 11.3 Å². The zero-order valence-corrected chi connectivity index (χ0v) is 23.9. The minimum atomic E-state index is -4.61. The Hall–Kier alpha value is -4.43. The topological polar surface area (TPSA) is 114 Å². The third-order valence-electron chi connectivity index (χ3n) is 6.70. The number of carbonyl (C=O) groups excluding carboxylic acids is 2. The van der Waals surface area contributed by atoms with Crippen LogP contribution in [0.2, 0.25) is 0 Å². The Morgan fingerprint density at radius 1 is 1.12 bits per heavy atom. The van der Waals surface area contributed by atoms with Crippen molar-refractivity contribution in [3.63, 3.8) is 0 Å². The van der Waals surface area contributed by atoms with Crippen LogP contribution in [-0.2, 0) is 11.0 Å². The lowest BCUT2D eigenvalue weighted by atomic mass is 10.1. The molecule has 42 heavy (non-hydrogen) atoms. The molecule has 10 nitrogen and oxygen atoms in total. The Kier molecular flexibility index (Phi) is 8.18. The van der Waals surface area contributed by atoms with E-state index in [1.807, 2.05) is 18.9 Å². The Morgan fingerprint density at radius 2 is 1.93 bits per heavy atom. The van der Waals surface area contributed by atoms with Gasteiger partial charge in [-0.15, -0.1) is 5.53 Å². The first-order valence-electron chi connectivity index (χ1n) is 13.2. The Morgan fingerprint density at radius 3 is 2.67 bits per heavy atom. The summed E-state index contributed by atoms with van der Waals surface area (Å²) in [6.45, 7) is 4.06. The average molecular weight is 599 g/mol. The molecule has 14 heteroatoms. The molecule has 1 fully saturated rings. The number of likely N-dealkylation sites (tertiary alicyclic amines) is 1. The number of carbonyl (C=O) groups is 2. The van der Waals surface area contributed by atoms with Crippen molar-refractivity contribution in [2.75, 3.05) is 29.2 Å². The maximum Gasteiger partial charge on any atom is 0.416 e. The Balaban J connectivity index is 1.38. The van der Waals surface area contributed by atoms with Gasteiger partial charge in [0.05, 0.1) is 27.5 Å². The van der Waals surface area contributed by atoms with E-state index in [0.29, 0.717) is 28.8 Å². The van der Waals surface area contributed by atoms with Gasteiger partial charge in [-0.3, -0.25) is 14.6 Å². The molecule has 1 aromatic heterocycles. The van der Waals surface area contributed by atoms with Gasteiger partial charge in [0, 0.05) is 50.6 Å². The number of nitrogens with zero attached hydrogens (tertiary/aromatic N) is 4. The van der Waals surface area contributed by atoms with Crippen molar-refractivity contribution in [1.82, 2.24) is 20.8 Å². The van der Waals surface area contributed by atoms with Gasteiger partial charge in [0.2, 0.25) is 5.91 Å². The van der Waals surface area contributed by atoms with Gasteiger partial charge in [-0.1, -0.05) is 17.4 Å². The number of rotatable bonds is 6. The normalized spacial score (nSPS) is 16.3. The molecule has 0 unspecified atom stereocenters. The van der Waals surface area contributed by atoms with Crippen molar-refractivity contribution in [3.8, 4) is 0 Å². The first kappa shape index (κ1) is 29.1. The van der Waals surface area contributed by atoms with Crippen molar-refractivity contribution >= 4 is 56.9 Å². The van der Waals surface area contributed by atoms with Gasteiger partial charge in [0.25, 0.3) is 5.91 Å². The fraction of sp³-hybridized carbons (Fsp3) is 0.286. The lowest BCUT2D eigenvalue weighted by Gasteiger charge is -2.26. The van der Waals surface area contributed by atoms with E-state index in [1.54, 1.807) is 35.6 Å². The second kappa shape index (κ2) is 11.8. The van der Waals surface area contributed by atoms with E-state index < -0.39 is 17.6 Å². The highest BCUT2D eigenvalue weighted by molar-refractivity contribution is 7.16. The Labute approximate surface area is 244 Å². The molecule has 2 aliphatic heterocycles. The molecule has 1 saturated heterocycles. The van der Waals surface area contributed by atoms with Gasteiger partial charge in [-0.05, 0) is 55.7 Å². The fourth-order valence-corrected chi connectivity index (χ4v) is 5.37. The molecule has 2 aromatic carbocycles. The second-order valence-electron chi connectivity index (χ2n) is 9.99. The highest BCUT2D eigenvalue weighted by atomic mass is 32.1. The minimum absolute atomic E-state index is 0.00178. The number of thiazole rings is 1. The average Bonchev–Trinajstić information content (AvgIpc) is 3.59. The third-order valence-corrected chi connectivity index (χ3v) is 7.65. The maximum absolute atomic E-state index is 13.7. The zero-order valence-electron chi connectivity index (χ0n) is 23.1. The van der Waals surface area contributed by atoms with E-state index >= 15 is 0 Å². The molecule has 5 rings (SSSR count). The molecule has 0 aliphatic carbocycles. The number of alkyl halides is 3. The standard InChI is InChI=1S/C28H29F3N8O2S/c1-16-7-8-18(10-23(16)39-15-22(36-37-39)24-14-32-27(42-24)33-17(2)40)26(41)35-21-12-19(28(29,30)31)11-20(13-21)34-25-6-4-5-9-38(25)3/h7-8,10-15,36-37H,4-6,9H2,1-3H3,(H,35,41)(H,32,33,40). The zero-order chi connectivity index (χ0) is 30.0. The number of benzene rings is 2. The van der Waals surface area contributed by atoms with E-state index in [-0.39, 0.29) is 22.8 Å². The number of hydrazine groups is 2. The van der Waals surface area contributed by atoms with Crippen LogP contribution in [0.1, 0.15) is 52.5 Å². The van der Waals surface area contributed by atoms with E-state index in [0.717, 1.165) is 42.0 Å². The number of hydrogen-bond donors (Lipinski definition) is 4. The van der Waals surface area contributed by atoms with Crippen molar-refractivity contribution in [2.45, 2.75) is 39.3 Å². The van der Waals surface area contributed by atoms with Crippen molar-refractivity contribution in [1.29, 1.82) is 0 Å². The number of amides is 2. The number of aromatic nitrogens is 1. The van der Waals surface area contributed by atoms with Gasteiger partial charge in [-0.2, -0.15) is 13.2 Å². The smallest absolute Gasteiger partial charge is 0.363 e. The molecule has 3 aromatic rings. The van der Waals surface area contributed by atoms with Crippen LogP contribution in [0.15, 0.2) is 53.8 Å². The van der Waals surface area contributed by atoms with Gasteiger partial charge in [0.1, 0.15) is 5.84 Å². The number of anilines is 3. The minimum Gasteiger partial charge on any atom is -0.363 e. The van der Waals surface area contributed by atoms with E-state index in [9.17, 15) is 22.8 Å². The maximum atomic E-state index is 13.7. The number of aliphatic imine (C=N–C) groups is 1. The largest absolute Gasteiger partial charge is 0.416 e. The molecule has 0 atom stereocenters. The van der Waals surface area contributed by atoms with E-state index in [2.05, 4.69) is 31.6 Å². The summed E-state index contributed by atoms with van der Waals surface area (Å²) >= 11 is 1.29. The summed E-state index contributed by atoms with van der Waals surface area (Å²) in [5, 5.41) is 7.40. The van der Waals surface area contributed by atoms with Gasteiger partial charge < -0.3 is 21.0 Å². The summed E-state index contributed by atoms with van der Waals surface area (Å²) in [5.74, 6) is -0.0752. The van der Waals surface area contributed by atoms with Gasteiger partial charge in [-0.25, -0.2) is 9.98 Å². The second-order valence-corrected chi connectivity index (χ2v) is 11.0. The van der Waals surface area contributed by atoms with Crippen molar-refractivity contribution in [2.24, 2.45) is 4.99 Å². The molecule has 2 aliphatic rings. The predicted octanol–water partition coefficient (Wildman–Crippen LogP) is 5.65. The molecular weight excluding hydrogens is 569 g/mol. The molecule has 0 spiro atoms. The summed E-state index contributed by atoms with van der Waals surface area (Å²) < 4.78 is 41.2. The highest BCUT2D eigenvalue weighted by Crippen LogP contribution is 2.35. The quantitative estimate of drug-likeness (QED) is 0.290. The van der Waals surface area contributed by atoms with E-state index in [1.165, 1.54) is 24.3 Å². The fourth-order valence-electron chi connectivity index (χ4n) is 4.54. The number of aryl methyl sites for hydroxylation is 1. The molecule has 0 saturated carbocycles. The molecule has 3 heterocycles. The van der Waals surface area contributed by atoms with Crippen LogP contribution in [-0.4, -0.2) is 41.1 Å². The first-order chi connectivity index (χ1) is 20.0. The number of halogens is 3. The Bertz CT molecular complexity index is 1580. The number of amidine groups is 1. The molecule has 4 N–H and O–H groups in total. The van der Waals surface area contributed by atoms with Crippen LogP contribution in [0, 0.1) is 6.92 Å². The number of nitrogens with one attached hydrogen (secondary N) is 4. The predicted molar refractivity (Wildman–Crippen MR) is 157 cm³/mol. The van der Waals surface area contributed by atoms with Crippen LogP contribution in [0.3, 0.4) is 0 Å². The summed E-state index contributed by atoms with van der Waals surface area (Å²) in [6, 6.07) is 8.35. The molecule has 0 radical (unpaired) electrons. The van der Waals surface area contributed by atoms with Crippen LogP contribution < -0.4 is 26.6 Å². The highest BCUT2D eigenvalue weighted by Gasteiger charge is 2.32. The van der Waals surface area contributed by atoms with Crippen molar-refractivity contribution in [3.05, 3.63) is 70.4 Å². The summed E-state index contributed by atoms with van der Waals surface area (Å²) in [5.41, 5.74) is 7.72. The van der Waals surface area contributed by atoms with Crippen molar-refractivity contribution < 1.29 is 22.8 Å². The lowest BCUT2D eigenvalue weighted by Crippen LogP contribution is -2.36. The third kappa shape index (κ3) is 6.71. The van der Waals surface area contributed by atoms with Gasteiger partial charge >= 0.3 is 6.18 Å². The summed E-state index contributed by atoms with van der Waals surface area (Å²) in [7, 11) is 1.87. The number of hydrogen-bond acceptors (Lipinski definition) is 8. The molecule has 2 amide bonds. The summed E-state index contributed by atoms with van der Waals surface area (Å²) in [4.78, 5) is 35.9. The SMILES string of the molecule is CC(=O)Nc1ncc(C2=CN(c3cc(C(=O)Nc4cc(N=C5CCCCN5C)cc(C(F)(F)F)c4)ccc3C)NN2)s1. The molecular formula is C28H29F3N8O2S. The number of piperidine rings is 1. The monoisotopic (exact) mass is 598 g/mol. The van der Waals surface area contributed by atoms with Crippen LogP contribution in [0.5, 0.6) is 0 Å². The molecule has 0 bridgehead atoms.